The van der Waals surface area contributed by atoms with Crippen molar-refractivity contribution in [3.8, 4) is 0 Å². The van der Waals surface area contributed by atoms with Gasteiger partial charge in [0.15, 0.2) is 5.82 Å². The molecule has 126 valence electrons. The summed E-state index contributed by atoms with van der Waals surface area (Å²) in [7, 11) is 0. The first-order valence-electron chi connectivity index (χ1n) is 7.53. The van der Waals surface area contributed by atoms with Gasteiger partial charge in [0.2, 0.25) is 5.89 Å². The lowest BCUT2D eigenvalue weighted by Crippen LogP contribution is -2.28. The van der Waals surface area contributed by atoms with Gasteiger partial charge in [-0.15, -0.1) is 0 Å². The van der Waals surface area contributed by atoms with Gasteiger partial charge in [-0.25, -0.2) is 9.78 Å². The summed E-state index contributed by atoms with van der Waals surface area (Å²) in [6, 6.07) is 1.32. The zero-order valence-electron chi connectivity index (χ0n) is 14.5. The van der Waals surface area contributed by atoms with Gasteiger partial charge in [0.05, 0.1) is 12.7 Å². The Morgan fingerprint density at radius 1 is 1.13 bits per heavy atom. The molecule has 2 rings (SSSR count). The van der Waals surface area contributed by atoms with Crippen molar-refractivity contribution in [1.82, 2.24) is 15.5 Å². The smallest absolute Gasteiger partial charge is 0.320 e. The molecule has 0 atom stereocenters. The predicted molar refractivity (Wildman–Crippen MR) is 86.3 cm³/mol. The van der Waals surface area contributed by atoms with Crippen LogP contribution < -0.4 is 10.6 Å². The number of nitrogens with one attached hydrogen (secondary N) is 2. The Balaban J connectivity index is 1.88. The van der Waals surface area contributed by atoms with E-state index in [9.17, 15) is 4.79 Å². The summed E-state index contributed by atoms with van der Waals surface area (Å²) >= 11 is 0. The van der Waals surface area contributed by atoms with Crippen LogP contribution in [0, 0.1) is 0 Å². The molecule has 2 amide bonds. The van der Waals surface area contributed by atoms with Crippen LogP contribution in [0.2, 0.25) is 0 Å². The average molecular weight is 320 g/mol. The van der Waals surface area contributed by atoms with Gasteiger partial charge in [0, 0.05) is 16.9 Å². The lowest BCUT2D eigenvalue weighted by Gasteiger charge is -2.13. The monoisotopic (exact) mass is 320 g/mol. The van der Waals surface area contributed by atoms with Crippen LogP contribution >= 0.6 is 0 Å². The Morgan fingerprint density at radius 3 is 2.30 bits per heavy atom. The quantitative estimate of drug-likeness (QED) is 0.901. The second-order valence-corrected chi connectivity index (χ2v) is 7.50. The van der Waals surface area contributed by atoms with Crippen molar-refractivity contribution >= 4 is 11.8 Å². The van der Waals surface area contributed by atoms with Gasteiger partial charge < -0.3 is 14.3 Å². The molecule has 0 aromatic carbocycles. The van der Waals surface area contributed by atoms with Crippen LogP contribution in [0.15, 0.2) is 21.2 Å². The van der Waals surface area contributed by atoms with Crippen LogP contribution in [-0.4, -0.2) is 16.2 Å². The highest BCUT2D eigenvalue weighted by Gasteiger charge is 2.21. The fraction of sp³-hybridized carbons (Fsp3) is 0.562. The largest absolute Gasteiger partial charge is 0.443 e. The summed E-state index contributed by atoms with van der Waals surface area (Å²) in [6.07, 6.45) is 1.68. The molecule has 7 nitrogen and oxygen atoms in total. The molecule has 7 heteroatoms. The second-order valence-electron chi connectivity index (χ2n) is 7.50. The number of hydrogen-bond acceptors (Lipinski definition) is 5. The molecule has 0 radical (unpaired) electrons. The third kappa shape index (κ3) is 4.58. The van der Waals surface area contributed by atoms with Gasteiger partial charge in [-0.1, -0.05) is 46.7 Å². The van der Waals surface area contributed by atoms with E-state index in [1.807, 2.05) is 41.5 Å². The van der Waals surface area contributed by atoms with Crippen LogP contribution in [0.5, 0.6) is 0 Å². The van der Waals surface area contributed by atoms with Gasteiger partial charge in [-0.05, 0) is 0 Å². The maximum Gasteiger partial charge on any atom is 0.320 e. The lowest BCUT2D eigenvalue weighted by molar-refractivity contribution is 0.250. The number of carbonyl (C=O) groups is 1. The van der Waals surface area contributed by atoms with E-state index in [1.165, 1.54) is 0 Å². The van der Waals surface area contributed by atoms with Crippen LogP contribution in [0.4, 0.5) is 10.6 Å². The predicted octanol–water partition coefficient (Wildman–Crippen LogP) is 3.58. The van der Waals surface area contributed by atoms with Crippen molar-refractivity contribution in [2.24, 2.45) is 0 Å². The highest BCUT2D eigenvalue weighted by molar-refractivity contribution is 5.88. The van der Waals surface area contributed by atoms with Gasteiger partial charge in [0.1, 0.15) is 11.5 Å². The third-order valence-electron chi connectivity index (χ3n) is 3.18. The first kappa shape index (κ1) is 17.1. The molecule has 0 aliphatic heterocycles. The molecule has 0 saturated heterocycles. The highest BCUT2D eigenvalue weighted by atomic mass is 16.5. The van der Waals surface area contributed by atoms with Gasteiger partial charge >= 0.3 is 6.03 Å². The van der Waals surface area contributed by atoms with Crippen LogP contribution in [0.1, 0.15) is 59.0 Å². The molecule has 0 bridgehead atoms. The van der Waals surface area contributed by atoms with E-state index >= 15 is 0 Å². The standard InChI is InChI=1S/C16H24N4O3/c1-15(2,3)10-7-12(20-23-10)19-14(21)18-9-13-17-8-11(22-13)16(4,5)6/h7-8H,9H2,1-6H3,(H2,18,19,20,21). The van der Waals surface area contributed by atoms with Gasteiger partial charge in [-0.2, -0.15) is 0 Å². The number of hydrogen-bond donors (Lipinski definition) is 2. The van der Waals surface area contributed by atoms with E-state index in [-0.39, 0.29) is 17.4 Å². The van der Waals surface area contributed by atoms with Crippen molar-refractivity contribution in [2.75, 3.05) is 5.32 Å². The van der Waals surface area contributed by atoms with Crippen molar-refractivity contribution in [3.05, 3.63) is 29.7 Å². The molecule has 0 unspecified atom stereocenters. The van der Waals surface area contributed by atoms with Crippen molar-refractivity contribution in [3.63, 3.8) is 0 Å². The molecule has 2 N–H and O–H groups in total. The third-order valence-corrected chi connectivity index (χ3v) is 3.18. The SMILES string of the molecule is CC(C)(C)c1cc(NC(=O)NCc2ncc(C(C)(C)C)o2)no1. The minimum atomic E-state index is -0.394. The number of anilines is 1. The number of nitrogens with zero attached hydrogens (tertiary/aromatic N) is 2. The fourth-order valence-corrected chi connectivity index (χ4v) is 1.74. The molecule has 0 aliphatic carbocycles. The molecule has 2 aromatic heterocycles. The minimum Gasteiger partial charge on any atom is -0.443 e. The maximum atomic E-state index is 11.9. The molecule has 0 aliphatic rings. The number of rotatable bonds is 3. The van der Waals surface area contributed by atoms with Crippen molar-refractivity contribution in [2.45, 2.75) is 58.9 Å². The highest BCUT2D eigenvalue weighted by Crippen LogP contribution is 2.24. The lowest BCUT2D eigenvalue weighted by atomic mass is 9.93. The van der Waals surface area contributed by atoms with E-state index in [2.05, 4.69) is 20.8 Å². The Hall–Kier alpha value is -2.31. The van der Waals surface area contributed by atoms with Crippen LogP contribution in [0.3, 0.4) is 0 Å². The first-order valence-corrected chi connectivity index (χ1v) is 7.53. The molecule has 2 aromatic rings. The molecule has 0 saturated carbocycles. The summed E-state index contributed by atoms with van der Waals surface area (Å²) < 4.78 is 10.8. The van der Waals surface area contributed by atoms with Crippen molar-refractivity contribution in [1.29, 1.82) is 0 Å². The van der Waals surface area contributed by atoms with Gasteiger partial charge in [-0.3, -0.25) is 5.32 Å². The van der Waals surface area contributed by atoms with E-state index < -0.39 is 6.03 Å². The number of oxazole rings is 1. The van der Waals surface area contributed by atoms with E-state index in [0.717, 1.165) is 5.76 Å². The first-order chi connectivity index (χ1) is 10.6. The zero-order valence-corrected chi connectivity index (χ0v) is 14.5. The number of amides is 2. The topological polar surface area (TPSA) is 93.2 Å². The Labute approximate surface area is 135 Å². The van der Waals surface area contributed by atoms with E-state index in [4.69, 9.17) is 8.94 Å². The maximum absolute atomic E-state index is 11.9. The summed E-state index contributed by atoms with van der Waals surface area (Å²) in [5.74, 6) is 2.31. The number of carbonyl (C=O) groups excluding carboxylic acids is 1. The number of urea groups is 1. The molecule has 2 heterocycles. The summed E-state index contributed by atoms with van der Waals surface area (Å²) in [6.45, 7) is 12.3. The molecule has 0 fully saturated rings. The summed E-state index contributed by atoms with van der Waals surface area (Å²) in [4.78, 5) is 16.0. The Bertz CT molecular complexity index is 674. The van der Waals surface area contributed by atoms with E-state index in [1.54, 1.807) is 12.3 Å². The minimum absolute atomic E-state index is 0.114. The fourth-order valence-electron chi connectivity index (χ4n) is 1.74. The van der Waals surface area contributed by atoms with Crippen LogP contribution in [0.25, 0.3) is 0 Å². The molecule has 23 heavy (non-hydrogen) atoms. The molecular formula is C16H24N4O3. The molecular weight excluding hydrogens is 296 g/mol. The summed E-state index contributed by atoms with van der Waals surface area (Å²) in [5, 5.41) is 9.12. The number of aromatic nitrogens is 2. The van der Waals surface area contributed by atoms with Crippen LogP contribution in [-0.2, 0) is 17.4 Å². The molecule has 0 spiro atoms. The van der Waals surface area contributed by atoms with Crippen molar-refractivity contribution < 1.29 is 13.7 Å². The Morgan fingerprint density at radius 2 is 1.78 bits per heavy atom. The average Bonchev–Trinajstić information content (AvgIpc) is 3.03. The second kappa shape index (κ2) is 6.06. The summed E-state index contributed by atoms with van der Waals surface area (Å²) in [5.41, 5.74) is -0.275. The normalized spacial score (nSPS) is 12.3. The van der Waals surface area contributed by atoms with Gasteiger partial charge in [0.25, 0.3) is 0 Å². The van der Waals surface area contributed by atoms with E-state index in [0.29, 0.717) is 17.5 Å². The zero-order chi connectivity index (χ0) is 17.3. The Kier molecular flexibility index (Phi) is 4.49.